The molecule has 160 valence electrons. The number of anilines is 1. The quantitative estimate of drug-likeness (QED) is 0.527. The molecule has 0 aliphatic carbocycles. The summed E-state index contributed by atoms with van der Waals surface area (Å²) in [6, 6.07) is 18.2. The summed E-state index contributed by atoms with van der Waals surface area (Å²) in [5.41, 5.74) is 5.35. The molecule has 0 radical (unpaired) electrons. The zero-order chi connectivity index (χ0) is 21.8. The van der Waals surface area contributed by atoms with Gasteiger partial charge >= 0.3 is 0 Å². The molecule has 0 N–H and O–H groups in total. The summed E-state index contributed by atoms with van der Waals surface area (Å²) >= 11 is 6.33. The lowest BCUT2D eigenvalue weighted by Gasteiger charge is -2.34. The van der Waals surface area contributed by atoms with Crippen LogP contribution in [0.5, 0.6) is 0 Å². The minimum atomic E-state index is -3.11. The average Bonchev–Trinajstić information content (AvgIpc) is 2.78. The fourth-order valence-electron chi connectivity index (χ4n) is 3.69. The molecule has 1 fully saturated rings. The molecule has 0 amide bonds. The van der Waals surface area contributed by atoms with Gasteiger partial charge in [0.15, 0.2) is 0 Å². The molecule has 0 bridgehead atoms. The predicted octanol–water partition coefficient (Wildman–Crippen LogP) is 4.65. The van der Waals surface area contributed by atoms with E-state index >= 15 is 0 Å². The number of piperazine rings is 1. The Morgan fingerprint density at radius 3 is 2.13 bits per heavy atom. The summed E-state index contributed by atoms with van der Waals surface area (Å²) in [6.45, 7) is 2.44. The van der Waals surface area contributed by atoms with Crippen LogP contribution in [0.4, 0.5) is 5.69 Å². The van der Waals surface area contributed by atoms with E-state index in [1.54, 1.807) is 12.4 Å². The van der Waals surface area contributed by atoms with Crippen molar-refractivity contribution in [2.24, 2.45) is 0 Å². The third kappa shape index (κ3) is 5.53. The molecule has 1 aromatic heterocycles. The van der Waals surface area contributed by atoms with Gasteiger partial charge in [-0.3, -0.25) is 4.98 Å². The summed E-state index contributed by atoms with van der Waals surface area (Å²) in [7, 11) is -3.11. The Morgan fingerprint density at radius 2 is 1.48 bits per heavy atom. The van der Waals surface area contributed by atoms with Crippen LogP contribution in [0.25, 0.3) is 23.3 Å². The third-order valence-electron chi connectivity index (χ3n) is 5.37. The maximum absolute atomic E-state index is 11.7. The molecule has 31 heavy (non-hydrogen) atoms. The Morgan fingerprint density at radius 1 is 0.839 bits per heavy atom. The monoisotopic (exact) mass is 453 g/mol. The van der Waals surface area contributed by atoms with Gasteiger partial charge in [-0.2, -0.15) is 4.31 Å². The van der Waals surface area contributed by atoms with Crippen molar-refractivity contribution in [3.8, 4) is 11.1 Å². The molecule has 0 unspecified atom stereocenters. The molecule has 0 atom stereocenters. The lowest BCUT2D eigenvalue weighted by Crippen LogP contribution is -2.48. The maximum atomic E-state index is 11.7. The number of hydrogen-bond acceptors (Lipinski definition) is 4. The Balaban J connectivity index is 1.44. The number of hydrogen-bond donors (Lipinski definition) is 0. The molecule has 2 aromatic carbocycles. The highest BCUT2D eigenvalue weighted by molar-refractivity contribution is 7.88. The van der Waals surface area contributed by atoms with E-state index in [2.05, 4.69) is 52.4 Å². The zero-order valence-corrected chi connectivity index (χ0v) is 18.9. The van der Waals surface area contributed by atoms with Crippen molar-refractivity contribution in [1.29, 1.82) is 0 Å². The molecule has 0 saturated carbocycles. The standard InChI is InChI=1S/C24H24ClN3O2S/c1-31(29,30)28-14-12-27(13-15-28)24-6-4-19(5-7-24)2-3-20-16-22(18-23(25)17-20)21-8-10-26-11-9-21/h2-11,16-18H,12-15H2,1H3/b3-2+. The predicted molar refractivity (Wildman–Crippen MR) is 129 cm³/mol. The van der Waals surface area contributed by atoms with Gasteiger partial charge in [-0.15, -0.1) is 0 Å². The van der Waals surface area contributed by atoms with E-state index in [0.29, 0.717) is 31.2 Å². The van der Waals surface area contributed by atoms with Gasteiger partial charge < -0.3 is 4.90 Å². The van der Waals surface area contributed by atoms with Gasteiger partial charge in [0.1, 0.15) is 0 Å². The maximum Gasteiger partial charge on any atom is 0.211 e. The van der Waals surface area contributed by atoms with Gasteiger partial charge in [-0.05, 0) is 64.7 Å². The first-order valence-corrected chi connectivity index (χ1v) is 12.3. The van der Waals surface area contributed by atoms with Crippen LogP contribution in [0.2, 0.25) is 5.02 Å². The van der Waals surface area contributed by atoms with Gasteiger partial charge in [-0.1, -0.05) is 35.9 Å². The number of benzene rings is 2. The summed E-state index contributed by atoms with van der Waals surface area (Å²) in [5, 5.41) is 0.692. The Kier molecular flexibility index (Phi) is 6.41. The van der Waals surface area contributed by atoms with Crippen LogP contribution < -0.4 is 4.90 Å². The highest BCUT2D eigenvalue weighted by Gasteiger charge is 2.23. The second-order valence-electron chi connectivity index (χ2n) is 7.58. The minimum Gasteiger partial charge on any atom is -0.369 e. The summed E-state index contributed by atoms with van der Waals surface area (Å²) in [5.74, 6) is 0. The van der Waals surface area contributed by atoms with E-state index in [1.165, 1.54) is 10.6 Å². The van der Waals surface area contributed by atoms with Crippen LogP contribution in [0, 0.1) is 0 Å². The van der Waals surface area contributed by atoms with Crippen LogP contribution in [0.1, 0.15) is 11.1 Å². The Bertz CT molecular complexity index is 1170. The first-order valence-electron chi connectivity index (χ1n) is 10.1. The van der Waals surface area contributed by atoms with Crippen molar-refractivity contribution < 1.29 is 8.42 Å². The molecule has 1 aliphatic rings. The Hall–Kier alpha value is -2.67. The first kappa shape index (κ1) is 21.6. The topological polar surface area (TPSA) is 53.5 Å². The van der Waals surface area contributed by atoms with Crippen LogP contribution in [0.15, 0.2) is 67.0 Å². The number of rotatable bonds is 5. The van der Waals surface area contributed by atoms with Crippen molar-refractivity contribution in [2.45, 2.75) is 0 Å². The van der Waals surface area contributed by atoms with Crippen molar-refractivity contribution >= 4 is 39.5 Å². The van der Waals surface area contributed by atoms with E-state index in [1.807, 2.05) is 24.3 Å². The molecular formula is C24H24ClN3O2S. The molecule has 5 nitrogen and oxygen atoms in total. The lowest BCUT2D eigenvalue weighted by atomic mass is 10.0. The van der Waals surface area contributed by atoms with Crippen LogP contribution in [-0.2, 0) is 10.0 Å². The smallest absolute Gasteiger partial charge is 0.211 e. The second-order valence-corrected chi connectivity index (χ2v) is 10.0. The van der Waals surface area contributed by atoms with E-state index in [4.69, 9.17) is 11.6 Å². The Labute approximate surface area is 188 Å². The number of halogens is 1. The number of sulfonamides is 1. The number of aromatic nitrogens is 1. The van der Waals surface area contributed by atoms with E-state index in [0.717, 1.165) is 27.9 Å². The van der Waals surface area contributed by atoms with Crippen molar-refractivity contribution in [2.75, 3.05) is 37.3 Å². The molecule has 0 spiro atoms. The number of pyridine rings is 1. The first-order chi connectivity index (χ1) is 14.9. The van der Waals surface area contributed by atoms with Crippen LogP contribution >= 0.6 is 11.6 Å². The molecule has 2 heterocycles. The molecule has 1 aliphatic heterocycles. The molecule has 1 saturated heterocycles. The SMILES string of the molecule is CS(=O)(=O)N1CCN(c2ccc(/C=C/c3cc(Cl)cc(-c4ccncc4)c3)cc2)CC1. The second kappa shape index (κ2) is 9.22. The minimum absolute atomic E-state index is 0.523. The lowest BCUT2D eigenvalue weighted by molar-refractivity contribution is 0.388. The molecule has 3 aromatic rings. The fourth-order valence-corrected chi connectivity index (χ4v) is 4.76. The summed E-state index contributed by atoms with van der Waals surface area (Å²) in [4.78, 5) is 6.28. The van der Waals surface area contributed by atoms with Crippen molar-refractivity contribution in [3.63, 3.8) is 0 Å². The van der Waals surface area contributed by atoms with Gasteiger partial charge in [0.2, 0.25) is 10.0 Å². The van der Waals surface area contributed by atoms with Crippen LogP contribution in [-0.4, -0.2) is 50.1 Å². The highest BCUT2D eigenvalue weighted by Crippen LogP contribution is 2.26. The van der Waals surface area contributed by atoms with Gasteiger partial charge in [-0.25, -0.2) is 8.42 Å². The summed E-state index contributed by atoms with van der Waals surface area (Å²) < 4.78 is 24.9. The van der Waals surface area contributed by atoms with Crippen molar-refractivity contribution in [1.82, 2.24) is 9.29 Å². The van der Waals surface area contributed by atoms with E-state index in [9.17, 15) is 8.42 Å². The van der Waals surface area contributed by atoms with Crippen molar-refractivity contribution in [3.05, 3.63) is 83.1 Å². The van der Waals surface area contributed by atoms with Crippen LogP contribution in [0.3, 0.4) is 0 Å². The summed E-state index contributed by atoms with van der Waals surface area (Å²) in [6.07, 6.45) is 8.93. The third-order valence-corrected chi connectivity index (χ3v) is 6.89. The van der Waals surface area contributed by atoms with E-state index in [-0.39, 0.29) is 0 Å². The van der Waals surface area contributed by atoms with Gasteiger partial charge in [0, 0.05) is 49.3 Å². The largest absolute Gasteiger partial charge is 0.369 e. The zero-order valence-electron chi connectivity index (χ0n) is 17.3. The molecule has 4 rings (SSSR count). The average molecular weight is 454 g/mol. The normalized spacial score (nSPS) is 15.5. The fraction of sp³-hybridized carbons (Fsp3) is 0.208. The van der Waals surface area contributed by atoms with Gasteiger partial charge in [0.05, 0.1) is 6.26 Å². The molecule has 7 heteroatoms. The highest BCUT2D eigenvalue weighted by atomic mass is 35.5. The van der Waals surface area contributed by atoms with E-state index < -0.39 is 10.0 Å². The molecular weight excluding hydrogens is 430 g/mol. The number of nitrogens with zero attached hydrogens (tertiary/aromatic N) is 3. The van der Waals surface area contributed by atoms with Gasteiger partial charge in [0.25, 0.3) is 0 Å².